The lowest BCUT2D eigenvalue weighted by molar-refractivity contribution is 0.0684. The molecule has 0 saturated heterocycles. The van der Waals surface area contributed by atoms with Gasteiger partial charge in [-0.05, 0) is 18.2 Å². The lowest BCUT2D eigenvalue weighted by Gasteiger charge is -2.33. The van der Waals surface area contributed by atoms with Crippen LogP contribution in [0.5, 0.6) is 0 Å². The van der Waals surface area contributed by atoms with Crippen LogP contribution in [0.1, 0.15) is 33.1 Å². The van der Waals surface area contributed by atoms with Crippen LogP contribution in [0.15, 0.2) is 34.4 Å². The summed E-state index contributed by atoms with van der Waals surface area (Å²) in [5.41, 5.74) is 3.55. The quantitative estimate of drug-likeness (QED) is 0.471. The minimum atomic E-state index is -0.415. The predicted molar refractivity (Wildman–Crippen MR) is 106 cm³/mol. The van der Waals surface area contributed by atoms with E-state index >= 15 is 0 Å². The van der Waals surface area contributed by atoms with Crippen LogP contribution in [0.2, 0.25) is 5.15 Å². The molecule has 1 amide bonds. The van der Waals surface area contributed by atoms with Crippen molar-refractivity contribution in [1.82, 2.24) is 29.8 Å². The van der Waals surface area contributed by atoms with Gasteiger partial charge in [-0.15, -0.1) is 11.3 Å². The van der Waals surface area contributed by atoms with E-state index in [1.165, 1.54) is 11.3 Å². The number of nitrogens with one attached hydrogen (secondary N) is 2. The van der Waals surface area contributed by atoms with Gasteiger partial charge in [-0.2, -0.15) is 0 Å². The molecule has 5 rings (SSSR count). The highest BCUT2D eigenvalue weighted by atomic mass is 79.9. The first-order valence-corrected chi connectivity index (χ1v) is 10.2. The molecule has 136 valence electrons. The third-order valence-electron chi connectivity index (χ3n) is 4.57. The molecule has 0 unspecified atom stereocenters. The van der Waals surface area contributed by atoms with E-state index in [-0.39, 0.29) is 5.91 Å². The molecule has 4 aromatic rings. The monoisotopic (exact) mass is 462 g/mol. The summed E-state index contributed by atoms with van der Waals surface area (Å²) in [5, 5.41) is 2.35. The molecule has 0 fully saturated rings. The highest BCUT2D eigenvalue weighted by molar-refractivity contribution is 9.10. The fourth-order valence-electron chi connectivity index (χ4n) is 3.38. The number of thiazole rings is 1. The van der Waals surface area contributed by atoms with Crippen LogP contribution in [0.4, 0.5) is 0 Å². The van der Waals surface area contributed by atoms with E-state index in [2.05, 4.69) is 35.9 Å². The van der Waals surface area contributed by atoms with Crippen molar-refractivity contribution in [3.05, 3.63) is 61.8 Å². The molecule has 0 saturated carbocycles. The molecular weight excluding hydrogens is 452 g/mol. The smallest absolute Gasteiger partial charge is 0.283 e. The lowest BCUT2D eigenvalue weighted by atomic mass is 10.0. The van der Waals surface area contributed by atoms with Gasteiger partial charge in [0.15, 0.2) is 5.01 Å². The Morgan fingerprint density at radius 2 is 2.26 bits per heavy atom. The fourth-order valence-corrected chi connectivity index (χ4v) is 4.64. The predicted octanol–water partition coefficient (Wildman–Crippen LogP) is 3.95. The summed E-state index contributed by atoms with van der Waals surface area (Å²) in [7, 11) is 0. The van der Waals surface area contributed by atoms with E-state index in [0.29, 0.717) is 29.0 Å². The number of hydrogen-bond donors (Lipinski definition) is 2. The van der Waals surface area contributed by atoms with Crippen molar-refractivity contribution >= 4 is 55.8 Å². The number of hydrogen-bond acceptors (Lipinski definition) is 5. The highest BCUT2D eigenvalue weighted by Crippen LogP contribution is 2.34. The normalized spacial score (nSPS) is 16.7. The van der Waals surface area contributed by atoms with Gasteiger partial charge in [-0.3, -0.25) is 4.79 Å². The SMILES string of the molecule is O=C(c1nc(Cl)cs1)N1CCc2[nH]cnc2[C@H]1c1nc2ccc(Br)cc2[nH]1. The summed E-state index contributed by atoms with van der Waals surface area (Å²) in [6.45, 7) is 0.538. The molecule has 27 heavy (non-hydrogen) atoms. The summed E-state index contributed by atoms with van der Waals surface area (Å²) in [6, 6.07) is 5.42. The second kappa shape index (κ2) is 6.43. The Morgan fingerprint density at radius 3 is 3.07 bits per heavy atom. The molecule has 0 bridgehead atoms. The number of benzene rings is 1. The van der Waals surface area contributed by atoms with Gasteiger partial charge in [0.2, 0.25) is 0 Å². The van der Waals surface area contributed by atoms with Crippen LogP contribution >= 0.6 is 38.9 Å². The second-order valence-corrected chi connectivity index (χ2v) is 8.34. The molecule has 2 N–H and O–H groups in total. The van der Waals surface area contributed by atoms with Gasteiger partial charge in [-0.25, -0.2) is 15.0 Å². The van der Waals surface area contributed by atoms with E-state index in [0.717, 1.165) is 26.9 Å². The standard InChI is InChI=1S/C17H12BrClN6OS/c18-8-1-2-9-11(5-8)23-15(22-9)14-13-10(20-7-21-13)3-4-25(14)17(26)16-24-12(19)6-27-16/h1-2,5-7,14H,3-4H2,(H,20,21)(H,22,23)/t14-/m0/s1. The van der Waals surface area contributed by atoms with Gasteiger partial charge in [0.25, 0.3) is 5.91 Å². The number of rotatable bonds is 2. The summed E-state index contributed by atoms with van der Waals surface area (Å²) >= 11 is 10.6. The van der Waals surface area contributed by atoms with Gasteiger partial charge in [0, 0.05) is 28.5 Å². The van der Waals surface area contributed by atoms with E-state index < -0.39 is 6.04 Å². The molecule has 0 spiro atoms. The first-order chi connectivity index (χ1) is 13.1. The molecule has 4 heterocycles. The summed E-state index contributed by atoms with van der Waals surface area (Å²) in [6.07, 6.45) is 2.35. The molecule has 10 heteroatoms. The molecule has 1 atom stereocenters. The Morgan fingerprint density at radius 1 is 1.37 bits per heavy atom. The topological polar surface area (TPSA) is 90.6 Å². The number of halogens is 2. The van der Waals surface area contributed by atoms with Crippen molar-refractivity contribution in [2.45, 2.75) is 12.5 Å². The highest BCUT2D eigenvalue weighted by Gasteiger charge is 2.37. The third kappa shape index (κ3) is 2.86. The summed E-state index contributed by atoms with van der Waals surface area (Å²) < 4.78 is 0.958. The van der Waals surface area contributed by atoms with Crippen molar-refractivity contribution in [3.63, 3.8) is 0 Å². The molecule has 7 nitrogen and oxygen atoms in total. The van der Waals surface area contributed by atoms with Crippen molar-refractivity contribution in [3.8, 4) is 0 Å². The van der Waals surface area contributed by atoms with Crippen LogP contribution in [-0.2, 0) is 6.42 Å². The second-order valence-electron chi connectivity index (χ2n) is 6.18. The van der Waals surface area contributed by atoms with Crippen LogP contribution in [0, 0.1) is 0 Å². The molecule has 1 aliphatic heterocycles. The van der Waals surface area contributed by atoms with Crippen molar-refractivity contribution in [2.24, 2.45) is 0 Å². The minimum absolute atomic E-state index is 0.174. The van der Waals surface area contributed by atoms with Crippen molar-refractivity contribution in [2.75, 3.05) is 6.54 Å². The Balaban J connectivity index is 1.63. The van der Waals surface area contributed by atoms with Gasteiger partial charge in [0.05, 0.1) is 23.1 Å². The maximum Gasteiger partial charge on any atom is 0.283 e. The molecule has 1 aromatic carbocycles. The average Bonchev–Trinajstić information content (AvgIpc) is 3.38. The Bertz CT molecular complexity index is 1170. The van der Waals surface area contributed by atoms with Crippen LogP contribution < -0.4 is 0 Å². The zero-order valence-corrected chi connectivity index (χ0v) is 16.9. The number of aromatic nitrogens is 5. The maximum atomic E-state index is 13.1. The number of fused-ring (bicyclic) bond motifs is 2. The third-order valence-corrected chi connectivity index (χ3v) is 6.21. The van der Waals surface area contributed by atoms with Crippen LogP contribution in [-0.4, -0.2) is 42.3 Å². The van der Waals surface area contributed by atoms with Gasteiger partial charge in [0.1, 0.15) is 17.0 Å². The zero-order valence-electron chi connectivity index (χ0n) is 13.7. The zero-order chi connectivity index (χ0) is 18.5. The molecule has 0 radical (unpaired) electrons. The summed E-state index contributed by atoms with van der Waals surface area (Å²) in [5.74, 6) is 0.499. The average molecular weight is 464 g/mol. The van der Waals surface area contributed by atoms with E-state index in [4.69, 9.17) is 16.6 Å². The number of imidazole rings is 2. The van der Waals surface area contributed by atoms with Crippen molar-refractivity contribution < 1.29 is 4.79 Å². The van der Waals surface area contributed by atoms with E-state index in [1.54, 1.807) is 16.6 Å². The molecule has 1 aliphatic rings. The Hall–Kier alpha value is -2.23. The summed E-state index contributed by atoms with van der Waals surface area (Å²) in [4.78, 5) is 34.7. The molecule has 3 aromatic heterocycles. The van der Waals surface area contributed by atoms with Gasteiger partial charge >= 0.3 is 0 Å². The number of carbonyl (C=O) groups is 1. The van der Waals surface area contributed by atoms with E-state index in [1.807, 2.05) is 18.2 Å². The maximum absolute atomic E-state index is 13.1. The molecule has 0 aliphatic carbocycles. The number of carbonyl (C=O) groups excluding carboxylic acids is 1. The fraction of sp³-hybridized carbons (Fsp3) is 0.176. The van der Waals surface area contributed by atoms with E-state index in [9.17, 15) is 4.79 Å². The number of H-pyrrole nitrogens is 2. The van der Waals surface area contributed by atoms with Crippen LogP contribution in [0.25, 0.3) is 11.0 Å². The minimum Gasteiger partial charge on any atom is -0.348 e. The number of aromatic amines is 2. The molecular formula is C17H12BrClN6OS. The van der Waals surface area contributed by atoms with Gasteiger partial charge in [-0.1, -0.05) is 27.5 Å². The van der Waals surface area contributed by atoms with Crippen molar-refractivity contribution in [1.29, 1.82) is 0 Å². The first kappa shape index (κ1) is 16.9. The lowest BCUT2D eigenvalue weighted by Crippen LogP contribution is -2.41. The number of nitrogens with zero attached hydrogens (tertiary/aromatic N) is 4. The Kier molecular flexibility index (Phi) is 4.03. The van der Waals surface area contributed by atoms with Gasteiger partial charge < -0.3 is 14.9 Å². The number of amides is 1. The first-order valence-electron chi connectivity index (χ1n) is 8.19. The van der Waals surface area contributed by atoms with Crippen LogP contribution in [0.3, 0.4) is 0 Å². The Labute approximate surface area is 170 Å². The largest absolute Gasteiger partial charge is 0.348 e.